The van der Waals surface area contributed by atoms with Crippen LogP contribution in [-0.4, -0.2) is 36.0 Å². The van der Waals surface area contributed by atoms with E-state index in [1.165, 1.54) is 0 Å². The summed E-state index contributed by atoms with van der Waals surface area (Å²) in [6.07, 6.45) is 3.50. The Morgan fingerprint density at radius 1 is 0.902 bits per heavy atom. The Hall–Kier alpha value is -1.44. The molecule has 0 aromatic heterocycles. The lowest BCUT2D eigenvalue weighted by atomic mass is 9.47. The number of nitrogens with zero attached hydrogens (tertiary/aromatic N) is 1. The molecule has 0 unspecified atom stereocenters. The van der Waals surface area contributed by atoms with Crippen LogP contribution in [0, 0.1) is 41.4 Å². The first-order valence-corrected chi connectivity index (χ1v) is 17.7. The van der Waals surface area contributed by atoms with Gasteiger partial charge in [0.1, 0.15) is 0 Å². The third-order valence-corrected chi connectivity index (χ3v) is 12.5. The van der Waals surface area contributed by atoms with Gasteiger partial charge in [-0.25, -0.2) is 4.83 Å². The summed E-state index contributed by atoms with van der Waals surface area (Å²) in [5.41, 5.74) is 2.23. The minimum atomic E-state index is -4.01. The number of rotatable bonds is 7. The zero-order valence-electron chi connectivity index (χ0n) is 27.1. The molecular formula is C34H56N2O4S. The van der Waals surface area contributed by atoms with Gasteiger partial charge in [-0.1, -0.05) is 87.8 Å². The van der Waals surface area contributed by atoms with Gasteiger partial charge in [-0.3, -0.25) is 0 Å². The largest absolute Gasteiger partial charge is 0.389 e. The van der Waals surface area contributed by atoms with E-state index in [2.05, 4.69) is 51.5 Å². The SMILES string of the molecule is CC(C)c1cc(C(C)C)c(S(=O)(=O)N/N=C2\C[C@H]3[C@@H](C(C)C)CC[C@@H](C)[C@@H]4CC[C@@H](C)[C@@]3(O)[C@@H]4[C@@H]2O)c(C(C)C)c1. The lowest BCUT2D eigenvalue weighted by Crippen LogP contribution is -2.67. The second-order valence-electron chi connectivity index (χ2n) is 15.0. The van der Waals surface area contributed by atoms with Crippen molar-refractivity contribution < 1.29 is 18.6 Å². The highest BCUT2D eigenvalue weighted by molar-refractivity contribution is 7.89. The summed E-state index contributed by atoms with van der Waals surface area (Å²) < 4.78 is 28.1. The Labute approximate surface area is 249 Å². The van der Waals surface area contributed by atoms with Gasteiger partial charge in [-0.05, 0) is 95.6 Å². The molecule has 4 rings (SSSR count). The molecule has 3 fully saturated rings. The zero-order chi connectivity index (χ0) is 30.6. The maximum atomic E-state index is 14.1. The number of nitrogens with one attached hydrogen (secondary N) is 1. The predicted octanol–water partition coefficient (Wildman–Crippen LogP) is 7.17. The average Bonchev–Trinajstić information content (AvgIpc) is 2.88. The molecule has 0 aliphatic heterocycles. The van der Waals surface area contributed by atoms with Crippen molar-refractivity contribution in [3.05, 3.63) is 28.8 Å². The molecule has 4 bridgehead atoms. The van der Waals surface area contributed by atoms with Crippen LogP contribution in [0.3, 0.4) is 0 Å². The summed E-state index contributed by atoms with van der Waals surface area (Å²) in [6, 6.07) is 4.06. The normalized spacial score (nSPS) is 35.3. The molecule has 232 valence electrons. The van der Waals surface area contributed by atoms with Crippen molar-refractivity contribution >= 4 is 15.7 Å². The third kappa shape index (κ3) is 5.76. The molecule has 3 aliphatic carbocycles. The molecule has 1 aromatic rings. The first-order valence-electron chi connectivity index (χ1n) is 16.2. The quantitative estimate of drug-likeness (QED) is 0.294. The Morgan fingerprint density at radius 2 is 1.49 bits per heavy atom. The molecule has 0 saturated heterocycles. The van der Waals surface area contributed by atoms with Crippen LogP contribution in [0.25, 0.3) is 0 Å². The van der Waals surface area contributed by atoms with Crippen LogP contribution in [0.15, 0.2) is 22.1 Å². The molecule has 3 N–H and O–H groups in total. The Morgan fingerprint density at radius 3 is 2.00 bits per heavy atom. The average molecular weight is 589 g/mol. The Balaban J connectivity index is 1.80. The fourth-order valence-corrected chi connectivity index (χ4v) is 10.2. The van der Waals surface area contributed by atoms with Gasteiger partial charge in [0.15, 0.2) is 0 Å². The van der Waals surface area contributed by atoms with Gasteiger partial charge in [0.2, 0.25) is 0 Å². The highest BCUT2D eigenvalue weighted by atomic mass is 32.2. The monoisotopic (exact) mass is 588 g/mol. The summed E-state index contributed by atoms with van der Waals surface area (Å²) in [4.78, 5) is 2.92. The summed E-state index contributed by atoms with van der Waals surface area (Å²) in [7, 11) is -4.01. The molecular weight excluding hydrogens is 532 g/mol. The van der Waals surface area contributed by atoms with Gasteiger partial charge in [-0.15, -0.1) is 0 Å². The zero-order valence-corrected chi connectivity index (χ0v) is 27.9. The van der Waals surface area contributed by atoms with E-state index in [0.717, 1.165) is 42.4 Å². The number of hydrazone groups is 1. The molecule has 0 spiro atoms. The van der Waals surface area contributed by atoms with Gasteiger partial charge in [0, 0.05) is 5.92 Å². The van der Waals surface area contributed by atoms with Gasteiger partial charge < -0.3 is 10.2 Å². The number of aliphatic hydroxyl groups is 2. The number of aliphatic hydroxyl groups excluding tert-OH is 1. The van der Waals surface area contributed by atoms with Crippen molar-refractivity contribution in [2.24, 2.45) is 46.5 Å². The fourth-order valence-electron chi connectivity index (χ4n) is 8.62. The van der Waals surface area contributed by atoms with Gasteiger partial charge >= 0.3 is 0 Å². The number of sulfonamides is 1. The summed E-state index contributed by atoms with van der Waals surface area (Å²) in [5, 5.41) is 28.9. The van der Waals surface area contributed by atoms with Crippen molar-refractivity contribution in [2.75, 3.05) is 0 Å². The van der Waals surface area contributed by atoms with Crippen LogP contribution in [0.5, 0.6) is 0 Å². The molecule has 7 heteroatoms. The van der Waals surface area contributed by atoms with E-state index in [0.29, 0.717) is 28.9 Å². The Kier molecular flexibility index (Phi) is 9.44. The number of hydrogen-bond acceptors (Lipinski definition) is 5. The van der Waals surface area contributed by atoms with Crippen LogP contribution < -0.4 is 4.83 Å². The minimum absolute atomic E-state index is 0.0146. The number of hydrogen-bond donors (Lipinski definition) is 3. The van der Waals surface area contributed by atoms with Crippen LogP contribution in [0.1, 0.15) is 136 Å². The van der Waals surface area contributed by atoms with E-state index in [-0.39, 0.29) is 47.3 Å². The maximum Gasteiger partial charge on any atom is 0.277 e. The minimum Gasteiger partial charge on any atom is -0.389 e. The van der Waals surface area contributed by atoms with E-state index < -0.39 is 21.7 Å². The summed E-state index contributed by atoms with van der Waals surface area (Å²) in [5.74, 6) is 1.21. The molecule has 41 heavy (non-hydrogen) atoms. The fraction of sp³-hybridized carbons (Fsp3) is 0.794. The molecule has 0 radical (unpaired) electrons. The van der Waals surface area contributed by atoms with Crippen LogP contribution in [-0.2, 0) is 10.0 Å². The highest BCUT2D eigenvalue weighted by Gasteiger charge is 2.62. The molecule has 8 atom stereocenters. The molecule has 0 amide bonds. The highest BCUT2D eigenvalue weighted by Crippen LogP contribution is 2.58. The van der Waals surface area contributed by atoms with Gasteiger partial charge in [0.25, 0.3) is 10.0 Å². The topological polar surface area (TPSA) is 99.0 Å². The lowest BCUT2D eigenvalue weighted by Gasteiger charge is -2.61. The van der Waals surface area contributed by atoms with Crippen LogP contribution in [0.4, 0.5) is 0 Å². The second kappa shape index (κ2) is 11.9. The first kappa shape index (κ1) is 32.5. The summed E-state index contributed by atoms with van der Waals surface area (Å²) in [6.45, 7) is 21.2. The summed E-state index contributed by atoms with van der Waals surface area (Å²) >= 11 is 0. The molecule has 3 saturated carbocycles. The van der Waals surface area contributed by atoms with Crippen molar-refractivity contribution in [1.82, 2.24) is 4.83 Å². The smallest absolute Gasteiger partial charge is 0.277 e. The maximum absolute atomic E-state index is 14.1. The molecule has 0 heterocycles. The van der Waals surface area contributed by atoms with Crippen molar-refractivity contribution in [2.45, 2.75) is 136 Å². The molecule has 6 nitrogen and oxygen atoms in total. The second-order valence-corrected chi connectivity index (χ2v) is 16.6. The van der Waals surface area contributed by atoms with Crippen molar-refractivity contribution in [1.29, 1.82) is 0 Å². The molecule has 3 aliphatic rings. The standard InChI is InChI=1S/C34H56N2O4S/c1-18(2)24-15-27(20(5)6)33(28(16-24)21(7)8)41(39,40)36-35-30-17-29-25(19(3)4)13-11-22(9)26-14-12-23(10)34(29,38)31(26)32(30)37/h15-16,18-23,25-26,29,31-32,36-38H,11-14,17H2,1-10H3/b35-30+/t22-,23-,25-,26+,29+,31+,32-,34+/m1/s1. The van der Waals surface area contributed by atoms with E-state index in [1.807, 2.05) is 39.8 Å². The predicted molar refractivity (Wildman–Crippen MR) is 168 cm³/mol. The van der Waals surface area contributed by atoms with Crippen molar-refractivity contribution in [3.63, 3.8) is 0 Å². The Bertz CT molecular complexity index is 1210. The van der Waals surface area contributed by atoms with E-state index in [9.17, 15) is 18.6 Å². The first-order chi connectivity index (χ1) is 19.0. The van der Waals surface area contributed by atoms with E-state index >= 15 is 0 Å². The third-order valence-electron chi connectivity index (χ3n) is 11.1. The lowest BCUT2D eigenvalue weighted by molar-refractivity contribution is -0.209. The van der Waals surface area contributed by atoms with Gasteiger partial charge in [-0.2, -0.15) is 13.5 Å². The van der Waals surface area contributed by atoms with Crippen LogP contribution in [0.2, 0.25) is 0 Å². The van der Waals surface area contributed by atoms with Crippen molar-refractivity contribution in [3.8, 4) is 0 Å². The number of benzene rings is 1. The molecule has 1 aromatic carbocycles. The van der Waals surface area contributed by atoms with Gasteiger partial charge in [0.05, 0.1) is 22.3 Å². The van der Waals surface area contributed by atoms with E-state index in [1.54, 1.807) is 0 Å². The van der Waals surface area contributed by atoms with E-state index in [4.69, 9.17) is 0 Å². The van der Waals surface area contributed by atoms with Crippen LogP contribution >= 0.6 is 0 Å².